The second-order valence-electron chi connectivity index (χ2n) is 7.57. The lowest BCUT2D eigenvalue weighted by atomic mass is 10.1. The highest BCUT2D eigenvalue weighted by atomic mass is 16.6. The number of nitrogens with one attached hydrogen (secondary N) is 2. The van der Waals surface area contributed by atoms with E-state index in [1.807, 2.05) is 0 Å². The zero-order valence-electron chi connectivity index (χ0n) is 16.9. The molecule has 0 radical (unpaired) electrons. The predicted octanol–water partition coefficient (Wildman–Crippen LogP) is 1.07. The summed E-state index contributed by atoms with van der Waals surface area (Å²) < 4.78 is 5.15. The van der Waals surface area contributed by atoms with Gasteiger partial charge < -0.3 is 15.4 Å². The molecule has 0 saturated heterocycles. The largest absolute Gasteiger partial charge is 0.444 e. The molecule has 2 N–H and O–H groups in total. The van der Waals surface area contributed by atoms with Gasteiger partial charge in [-0.25, -0.2) is 4.79 Å². The van der Waals surface area contributed by atoms with E-state index < -0.39 is 29.6 Å². The van der Waals surface area contributed by atoms with Gasteiger partial charge in [-0.3, -0.25) is 24.1 Å². The van der Waals surface area contributed by atoms with Crippen LogP contribution in [-0.2, 0) is 23.9 Å². The Labute approximate surface area is 164 Å². The van der Waals surface area contributed by atoms with E-state index in [9.17, 15) is 24.0 Å². The van der Waals surface area contributed by atoms with E-state index in [0.29, 0.717) is 25.8 Å². The number of rotatable bonds is 10. The van der Waals surface area contributed by atoms with Crippen molar-refractivity contribution in [3.05, 3.63) is 12.2 Å². The molecule has 0 bridgehead atoms. The molecule has 0 aromatic carbocycles. The van der Waals surface area contributed by atoms with Crippen molar-refractivity contribution in [1.82, 2.24) is 15.5 Å². The predicted molar refractivity (Wildman–Crippen MR) is 101 cm³/mol. The van der Waals surface area contributed by atoms with Crippen LogP contribution in [0.5, 0.6) is 0 Å². The number of Topliss-reactive ketones (excluding diaryl/α,β-unsaturated/α-hetero) is 1. The Morgan fingerprint density at radius 3 is 2.25 bits per heavy atom. The lowest BCUT2D eigenvalue weighted by Crippen LogP contribution is -2.42. The second-order valence-corrected chi connectivity index (χ2v) is 7.57. The molecule has 0 aliphatic carbocycles. The molecule has 1 rings (SSSR count). The highest BCUT2D eigenvalue weighted by molar-refractivity contribution is 6.13. The Balaban J connectivity index is 2.22. The first-order valence-corrected chi connectivity index (χ1v) is 9.30. The van der Waals surface area contributed by atoms with Gasteiger partial charge in [0.25, 0.3) is 11.8 Å². The number of ketones is 1. The fourth-order valence-corrected chi connectivity index (χ4v) is 2.48. The van der Waals surface area contributed by atoms with Crippen LogP contribution in [0.2, 0.25) is 0 Å². The van der Waals surface area contributed by atoms with Crippen molar-refractivity contribution in [2.24, 2.45) is 0 Å². The van der Waals surface area contributed by atoms with Crippen molar-refractivity contribution < 1.29 is 28.7 Å². The van der Waals surface area contributed by atoms with Gasteiger partial charge in [-0.2, -0.15) is 0 Å². The molecule has 1 aliphatic heterocycles. The summed E-state index contributed by atoms with van der Waals surface area (Å²) in [6.07, 6.45) is 3.43. The number of alkyl carbamates (subject to hydrolysis) is 1. The molecule has 4 amide bonds. The minimum absolute atomic E-state index is 0.0371. The first-order valence-electron chi connectivity index (χ1n) is 9.30. The van der Waals surface area contributed by atoms with E-state index >= 15 is 0 Å². The summed E-state index contributed by atoms with van der Waals surface area (Å²) in [6, 6.07) is -0.634. The highest BCUT2D eigenvalue weighted by Gasteiger charge is 2.24. The minimum atomic E-state index is -0.643. The molecule has 0 fully saturated rings. The summed E-state index contributed by atoms with van der Waals surface area (Å²) in [4.78, 5) is 59.0. The van der Waals surface area contributed by atoms with Crippen molar-refractivity contribution >= 4 is 29.6 Å². The quantitative estimate of drug-likeness (QED) is 0.421. The maximum atomic E-state index is 11.8. The summed E-state index contributed by atoms with van der Waals surface area (Å²) >= 11 is 0. The third-order valence-corrected chi connectivity index (χ3v) is 3.89. The first kappa shape index (κ1) is 23.3. The Morgan fingerprint density at radius 2 is 1.71 bits per heavy atom. The molecule has 156 valence electrons. The zero-order valence-corrected chi connectivity index (χ0v) is 16.9. The lowest BCUT2D eigenvalue weighted by molar-refractivity contribution is -0.137. The summed E-state index contributed by atoms with van der Waals surface area (Å²) in [7, 11) is 0. The molecular weight excluding hydrogens is 366 g/mol. The maximum absolute atomic E-state index is 11.8. The maximum Gasteiger partial charge on any atom is 0.408 e. The van der Waals surface area contributed by atoms with Gasteiger partial charge >= 0.3 is 6.09 Å². The molecule has 0 saturated carbocycles. The van der Waals surface area contributed by atoms with Crippen molar-refractivity contribution in [3.8, 4) is 0 Å². The monoisotopic (exact) mass is 395 g/mol. The fourth-order valence-electron chi connectivity index (χ4n) is 2.48. The number of hydrogen-bond donors (Lipinski definition) is 2. The summed E-state index contributed by atoms with van der Waals surface area (Å²) in [6.45, 7) is 7.07. The summed E-state index contributed by atoms with van der Waals surface area (Å²) in [5, 5.41) is 5.26. The third kappa shape index (κ3) is 8.79. The molecule has 28 heavy (non-hydrogen) atoms. The Morgan fingerprint density at radius 1 is 1.11 bits per heavy atom. The molecule has 9 nitrogen and oxygen atoms in total. The number of nitrogens with zero attached hydrogens (tertiary/aromatic N) is 1. The second kappa shape index (κ2) is 10.6. The van der Waals surface area contributed by atoms with Crippen LogP contribution in [0, 0.1) is 0 Å². The van der Waals surface area contributed by atoms with Crippen molar-refractivity contribution in [1.29, 1.82) is 0 Å². The van der Waals surface area contributed by atoms with Crippen LogP contribution >= 0.6 is 0 Å². The Kier molecular flexibility index (Phi) is 8.81. The molecule has 0 aromatic rings. The molecule has 1 atom stereocenters. The van der Waals surface area contributed by atoms with Crippen LogP contribution in [0.1, 0.15) is 53.4 Å². The van der Waals surface area contributed by atoms with Crippen LogP contribution in [0.4, 0.5) is 4.79 Å². The summed E-state index contributed by atoms with van der Waals surface area (Å²) in [5.41, 5.74) is -0.643. The van der Waals surface area contributed by atoms with E-state index in [0.717, 1.165) is 4.90 Å². The number of unbranched alkanes of at least 4 members (excludes halogenated alkanes) is 1. The first-order chi connectivity index (χ1) is 13.0. The zero-order chi connectivity index (χ0) is 21.3. The topological polar surface area (TPSA) is 122 Å². The van der Waals surface area contributed by atoms with Gasteiger partial charge in [0.15, 0.2) is 5.78 Å². The normalized spacial score (nSPS) is 14.8. The number of amides is 4. The number of imide groups is 1. The van der Waals surface area contributed by atoms with Gasteiger partial charge in [-0.1, -0.05) is 0 Å². The van der Waals surface area contributed by atoms with Crippen molar-refractivity contribution in [3.63, 3.8) is 0 Å². The van der Waals surface area contributed by atoms with Crippen molar-refractivity contribution in [2.75, 3.05) is 13.1 Å². The van der Waals surface area contributed by atoms with Gasteiger partial charge in [0, 0.05) is 31.7 Å². The van der Waals surface area contributed by atoms with Crippen LogP contribution < -0.4 is 10.6 Å². The SMILES string of the molecule is CC(=O)[C@@H](CCCCNC(=O)CCN1C(=O)C=CC1=O)NC(=O)OC(C)(C)C. The van der Waals surface area contributed by atoms with E-state index in [2.05, 4.69) is 10.6 Å². The number of ether oxygens (including phenoxy) is 1. The molecule has 1 aliphatic rings. The van der Waals surface area contributed by atoms with Crippen LogP contribution in [0.3, 0.4) is 0 Å². The lowest BCUT2D eigenvalue weighted by Gasteiger charge is -2.22. The van der Waals surface area contributed by atoms with Gasteiger partial charge in [0.2, 0.25) is 5.91 Å². The number of hydrogen-bond acceptors (Lipinski definition) is 6. The van der Waals surface area contributed by atoms with E-state index in [-0.39, 0.29) is 24.7 Å². The van der Waals surface area contributed by atoms with E-state index in [1.54, 1.807) is 20.8 Å². The van der Waals surface area contributed by atoms with E-state index in [4.69, 9.17) is 4.74 Å². The molecule has 0 aromatic heterocycles. The van der Waals surface area contributed by atoms with Crippen molar-refractivity contribution in [2.45, 2.75) is 65.0 Å². The van der Waals surface area contributed by atoms with Crippen LogP contribution in [0.15, 0.2) is 12.2 Å². The minimum Gasteiger partial charge on any atom is -0.444 e. The summed E-state index contributed by atoms with van der Waals surface area (Å²) in [5.74, 6) is -1.25. The fraction of sp³-hybridized carbons (Fsp3) is 0.632. The van der Waals surface area contributed by atoms with Gasteiger partial charge in [-0.15, -0.1) is 0 Å². The van der Waals surface area contributed by atoms with Gasteiger partial charge in [0.05, 0.1) is 6.04 Å². The average Bonchev–Trinajstić information content (AvgIpc) is 2.88. The highest BCUT2D eigenvalue weighted by Crippen LogP contribution is 2.09. The molecule has 1 heterocycles. The molecule has 9 heteroatoms. The Bertz CT molecular complexity index is 633. The third-order valence-electron chi connectivity index (χ3n) is 3.89. The molecule has 0 spiro atoms. The van der Waals surface area contributed by atoms with Gasteiger partial charge in [0.1, 0.15) is 5.60 Å². The average molecular weight is 395 g/mol. The smallest absolute Gasteiger partial charge is 0.408 e. The van der Waals surface area contributed by atoms with E-state index in [1.165, 1.54) is 19.1 Å². The standard InChI is InChI=1S/C19H29N3O6/c1-13(23)14(21-18(27)28-19(2,3)4)7-5-6-11-20-15(24)10-12-22-16(25)8-9-17(22)26/h8-9,14H,5-7,10-12H2,1-4H3,(H,20,24)(H,21,27)/t14-/m1/s1. The number of carbonyl (C=O) groups is 5. The number of carbonyl (C=O) groups excluding carboxylic acids is 5. The Hall–Kier alpha value is -2.71. The van der Waals surface area contributed by atoms with Gasteiger partial charge in [-0.05, 0) is 47.0 Å². The van der Waals surface area contributed by atoms with Crippen LogP contribution in [-0.4, -0.2) is 59.2 Å². The van der Waals surface area contributed by atoms with Crippen LogP contribution in [0.25, 0.3) is 0 Å². The molecule has 0 unspecified atom stereocenters. The molecular formula is C19H29N3O6.